The van der Waals surface area contributed by atoms with Crippen molar-refractivity contribution in [1.82, 2.24) is 4.90 Å². The molecule has 0 spiro atoms. The van der Waals surface area contributed by atoms with E-state index in [2.05, 4.69) is 0 Å². The van der Waals surface area contributed by atoms with Gasteiger partial charge in [-0.1, -0.05) is 6.92 Å². The summed E-state index contributed by atoms with van der Waals surface area (Å²) in [6.45, 7) is 2.57. The number of amides is 2. The molecule has 0 unspecified atom stereocenters. The first-order chi connectivity index (χ1) is 4.75. The van der Waals surface area contributed by atoms with E-state index in [4.69, 9.17) is 0 Å². The third kappa shape index (κ3) is 1.17. The summed E-state index contributed by atoms with van der Waals surface area (Å²) >= 11 is 0. The normalized spacial score (nSPS) is 16.9. The Bertz CT molecular complexity index is 165. The highest BCUT2D eigenvalue weighted by Crippen LogP contribution is 2.10. The van der Waals surface area contributed by atoms with Crippen molar-refractivity contribution >= 4 is 11.8 Å². The van der Waals surface area contributed by atoms with E-state index in [-0.39, 0.29) is 11.8 Å². The Kier molecular flexibility index (Phi) is 2.04. The van der Waals surface area contributed by atoms with Crippen molar-refractivity contribution in [3.05, 3.63) is 0 Å². The van der Waals surface area contributed by atoms with Crippen molar-refractivity contribution in [1.29, 1.82) is 0 Å². The molecule has 1 aliphatic rings. The molecule has 2 amide bonds. The van der Waals surface area contributed by atoms with Crippen molar-refractivity contribution in [3.8, 4) is 0 Å². The molecule has 1 rings (SSSR count). The van der Waals surface area contributed by atoms with Gasteiger partial charge in [-0.2, -0.15) is 0 Å². The number of rotatable bonds is 2. The zero-order chi connectivity index (χ0) is 7.56. The molecular formula is C7H11NO2. The summed E-state index contributed by atoms with van der Waals surface area (Å²) in [5.41, 5.74) is 0. The molecule has 3 heteroatoms. The highest BCUT2D eigenvalue weighted by Gasteiger charge is 2.28. The van der Waals surface area contributed by atoms with Crippen molar-refractivity contribution in [3.63, 3.8) is 0 Å². The van der Waals surface area contributed by atoms with Crippen molar-refractivity contribution in [2.45, 2.75) is 26.2 Å². The fourth-order valence-corrected chi connectivity index (χ4v) is 0.928. The summed E-state index contributed by atoms with van der Waals surface area (Å²) in [5, 5.41) is 0. The van der Waals surface area contributed by atoms with E-state index in [0.29, 0.717) is 19.4 Å². The second kappa shape index (κ2) is 2.82. The number of carbonyl (C=O) groups is 2. The summed E-state index contributed by atoms with van der Waals surface area (Å²) in [5.74, 6) is -0.0304. The van der Waals surface area contributed by atoms with Gasteiger partial charge in [-0.25, -0.2) is 0 Å². The van der Waals surface area contributed by atoms with Crippen LogP contribution in [0, 0.1) is 0 Å². The molecule has 0 atom stereocenters. The molecule has 0 radical (unpaired) electrons. The number of carbonyl (C=O) groups excluding carboxylic acids is 2. The highest BCUT2D eigenvalue weighted by atomic mass is 16.2. The molecule has 10 heavy (non-hydrogen) atoms. The summed E-state index contributed by atoms with van der Waals surface area (Å²) < 4.78 is 0. The van der Waals surface area contributed by atoms with Crippen LogP contribution in [0.5, 0.6) is 0 Å². The number of hydrogen-bond acceptors (Lipinski definition) is 2. The molecule has 0 N–H and O–H groups in total. The molecule has 56 valence electrons. The van der Waals surface area contributed by atoms with E-state index in [1.54, 1.807) is 0 Å². The SMILES string of the molecule is CCCC(=O)N1CCC1=O. The molecule has 0 aromatic carbocycles. The van der Waals surface area contributed by atoms with E-state index >= 15 is 0 Å². The predicted molar refractivity (Wildman–Crippen MR) is 36.2 cm³/mol. The third-order valence-electron chi connectivity index (χ3n) is 1.62. The van der Waals surface area contributed by atoms with Gasteiger partial charge in [0.2, 0.25) is 11.8 Å². The van der Waals surface area contributed by atoms with Crippen LogP contribution in [0.1, 0.15) is 26.2 Å². The molecule has 0 aliphatic carbocycles. The van der Waals surface area contributed by atoms with Crippen LogP contribution in [0.25, 0.3) is 0 Å². The number of hydrogen-bond donors (Lipinski definition) is 0. The van der Waals surface area contributed by atoms with Gasteiger partial charge in [0.25, 0.3) is 0 Å². The zero-order valence-electron chi connectivity index (χ0n) is 6.09. The lowest BCUT2D eigenvalue weighted by Crippen LogP contribution is -2.47. The van der Waals surface area contributed by atoms with Crippen LogP contribution in [-0.2, 0) is 9.59 Å². The minimum Gasteiger partial charge on any atom is -0.282 e. The first-order valence-electron chi connectivity index (χ1n) is 3.59. The number of β-lactam (4-membered cyclic amide) rings is 1. The zero-order valence-corrected chi connectivity index (χ0v) is 6.09. The molecule has 3 nitrogen and oxygen atoms in total. The van der Waals surface area contributed by atoms with Gasteiger partial charge in [0.15, 0.2) is 0 Å². The minimum absolute atomic E-state index is 0.0150. The van der Waals surface area contributed by atoms with Gasteiger partial charge in [-0.05, 0) is 6.42 Å². The Hall–Kier alpha value is -0.860. The van der Waals surface area contributed by atoms with Gasteiger partial charge >= 0.3 is 0 Å². The van der Waals surface area contributed by atoms with Crippen LogP contribution in [-0.4, -0.2) is 23.3 Å². The van der Waals surface area contributed by atoms with Gasteiger partial charge < -0.3 is 0 Å². The fourth-order valence-electron chi connectivity index (χ4n) is 0.928. The Morgan fingerprint density at radius 1 is 1.70 bits per heavy atom. The van der Waals surface area contributed by atoms with Gasteiger partial charge in [-0.15, -0.1) is 0 Å². The standard InChI is InChI=1S/C7H11NO2/c1-2-3-6(9)8-5-4-7(8)10/h2-5H2,1H3. The maximum Gasteiger partial charge on any atom is 0.230 e. The van der Waals surface area contributed by atoms with Crippen molar-refractivity contribution in [2.24, 2.45) is 0 Å². The largest absolute Gasteiger partial charge is 0.282 e. The lowest BCUT2D eigenvalue weighted by Gasteiger charge is -2.28. The van der Waals surface area contributed by atoms with Crippen LogP contribution in [0.4, 0.5) is 0 Å². The van der Waals surface area contributed by atoms with Crippen molar-refractivity contribution < 1.29 is 9.59 Å². The maximum atomic E-state index is 10.9. The van der Waals surface area contributed by atoms with Crippen molar-refractivity contribution in [2.75, 3.05) is 6.54 Å². The van der Waals surface area contributed by atoms with E-state index in [1.165, 1.54) is 4.90 Å². The average molecular weight is 141 g/mol. The number of nitrogens with zero attached hydrogens (tertiary/aromatic N) is 1. The molecule has 0 aromatic rings. The molecule has 1 aliphatic heterocycles. The quantitative estimate of drug-likeness (QED) is 0.526. The van der Waals surface area contributed by atoms with Gasteiger partial charge in [0.05, 0.1) is 0 Å². The van der Waals surface area contributed by atoms with E-state index < -0.39 is 0 Å². The Morgan fingerprint density at radius 2 is 2.40 bits per heavy atom. The molecule has 1 fully saturated rings. The Labute approximate surface area is 60.0 Å². The van der Waals surface area contributed by atoms with E-state index in [0.717, 1.165) is 6.42 Å². The molecule has 0 bridgehead atoms. The van der Waals surface area contributed by atoms with Gasteiger partial charge in [0.1, 0.15) is 0 Å². The third-order valence-corrected chi connectivity index (χ3v) is 1.62. The van der Waals surface area contributed by atoms with E-state index in [1.807, 2.05) is 6.92 Å². The topological polar surface area (TPSA) is 37.4 Å². The predicted octanol–water partition coefficient (Wildman–Crippen LogP) is 0.545. The first kappa shape index (κ1) is 7.25. The second-order valence-electron chi connectivity index (χ2n) is 2.44. The van der Waals surface area contributed by atoms with Crippen LogP contribution < -0.4 is 0 Å². The first-order valence-corrected chi connectivity index (χ1v) is 3.59. The number of imide groups is 1. The van der Waals surface area contributed by atoms with Gasteiger partial charge in [-0.3, -0.25) is 14.5 Å². The highest BCUT2D eigenvalue weighted by molar-refractivity contribution is 5.99. The summed E-state index contributed by atoms with van der Waals surface area (Å²) in [4.78, 5) is 22.9. The van der Waals surface area contributed by atoms with Crippen LogP contribution in [0.2, 0.25) is 0 Å². The smallest absolute Gasteiger partial charge is 0.230 e. The lowest BCUT2D eigenvalue weighted by atomic mass is 10.2. The monoisotopic (exact) mass is 141 g/mol. The minimum atomic E-state index is -0.0153. The second-order valence-corrected chi connectivity index (χ2v) is 2.44. The Balaban J connectivity index is 2.34. The summed E-state index contributed by atoms with van der Waals surface area (Å²) in [6.07, 6.45) is 1.88. The Morgan fingerprint density at radius 3 is 2.70 bits per heavy atom. The lowest BCUT2D eigenvalue weighted by molar-refractivity contribution is -0.152. The van der Waals surface area contributed by atoms with Crippen LogP contribution >= 0.6 is 0 Å². The molecule has 0 saturated carbocycles. The molecular weight excluding hydrogens is 130 g/mol. The van der Waals surface area contributed by atoms with Gasteiger partial charge in [0, 0.05) is 19.4 Å². The van der Waals surface area contributed by atoms with Crippen LogP contribution in [0.3, 0.4) is 0 Å². The maximum absolute atomic E-state index is 10.9. The van der Waals surface area contributed by atoms with E-state index in [9.17, 15) is 9.59 Å². The molecule has 1 saturated heterocycles. The molecule has 1 heterocycles. The fraction of sp³-hybridized carbons (Fsp3) is 0.714. The molecule has 0 aromatic heterocycles. The van der Waals surface area contributed by atoms with Crippen LogP contribution in [0.15, 0.2) is 0 Å². The number of likely N-dealkylation sites (tertiary alicyclic amines) is 1. The summed E-state index contributed by atoms with van der Waals surface area (Å²) in [7, 11) is 0. The summed E-state index contributed by atoms with van der Waals surface area (Å²) in [6, 6.07) is 0. The average Bonchev–Trinajstić information content (AvgIpc) is 1.85.